The fraction of sp³-hybridized carbons (Fsp3) is 1.00. The second-order valence-electron chi connectivity index (χ2n) is 7.19. The lowest BCUT2D eigenvalue weighted by molar-refractivity contribution is -0.0146. The molecule has 1 N–H and O–H groups in total. The van der Waals surface area contributed by atoms with E-state index in [0.29, 0.717) is 17.5 Å². The quantitative estimate of drug-likeness (QED) is 0.758. The Bertz CT molecular complexity index is 274. The number of ether oxygens (including phenoxy) is 1. The third-order valence-electron chi connectivity index (χ3n) is 5.07. The minimum absolute atomic E-state index is 0.436. The molecule has 1 atom stereocenters. The van der Waals surface area contributed by atoms with Crippen LogP contribution < -0.4 is 5.32 Å². The number of piperazine rings is 1. The molecule has 1 heterocycles. The Labute approximate surface area is 125 Å². The maximum atomic E-state index is 5.84. The molecule has 2 aliphatic rings. The lowest BCUT2D eigenvalue weighted by Gasteiger charge is -2.52. The first-order chi connectivity index (χ1) is 9.66. The maximum Gasteiger partial charge on any atom is 0.0593 e. The van der Waals surface area contributed by atoms with Crippen LogP contribution in [0.1, 0.15) is 59.3 Å². The van der Waals surface area contributed by atoms with E-state index < -0.39 is 0 Å². The van der Waals surface area contributed by atoms with Gasteiger partial charge in [-0.15, -0.1) is 0 Å². The Morgan fingerprint density at radius 1 is 1.25 bits per heavy atom. The molecular weight excluding hydrogens is 248 g/mol. The van der Waals surface area contributed by atoms with Crippen molar-refractivity contribution in [3.8, 4) is 0 Å². The molecule has 0 aromatic heterocycles. The van der Waals surface area contributed by atoms with Crippen LogP contribution in [0.5, 0.6) is 0 Å². The number of hydrogen-bond donors (Lipinski definition) is 1. The summed E-state index contributed by atoms with van der Waals surface area (Å²) in [6, 6.07) is 0.674. The normalized spacial score (nSPS) is 27.3. The predicted molar refractivity (Wildman–Crippen MR) is 85.1 cm³/mol. The molecule has 20 heavy (non-hydrogen) atoms. The van der Waals surface area contributed by atoms with Gasteiger partial charge in [-0.05, 0) is 25.2 Å². The third-order valence-corrected chi connectivity index (χ3v) is 5.07. The van der Waals surface area contributed by atoms with Crippen molar-refractivity contribution in [3.63, 3.8) is 0 Å². The summed E-state index contributed by atoms with van der Waals surface area (Å²) in [6.45, 7) is 12.1. The van der Waals surface area contributed by atoms with Crippen LogP contribution >= 0.6 is 0 Å². The van der Waals surface area contributed by atoms with Crippen molar-refractivity contribution in [2.75, 3.05) is 32.8 Å². The summed E-state index contributed by atoms with van der Waals surface area (Å²) in [6.07, 6.45) is 8.22. The average molecular weight is 282 g/mol. The summed E-state index contributed by atoms with van der Waals surface area (Å²) >= 11 is 0. The third kappa shape index (κ3) is 4.19. The zero-order valence-electron chi connectivity index (χ0n) is 13.8. The topological polar surface area (TPSA) is 24.5 Å². The monoisotopic (exact) mass is 282 g/mol. The van der Waals surface area contributed by atoms with E-state index in [4.69, 9.17) is 4.74 Å². The highest BCUT2D eigenvalue weighted by Crippen LogP contribution is 2.35. The summed E-state index contributed by atoms with van der Waals surface area (Å²) < 4.78 is 5.84. The summed E-state index contributed by atoms with van der Waals surface area (Å²) in [5.41, 5.74) is 0.436. The van der Waals surface area contributed by atoms with Crippen LogP contribution in [0.15, 0.2) is 0 Å². The van der Waals surface area contributed by atoms with Crippen molar-refractivity contribution >= 4 is 0 Å². The van der Waals surface area contributed by atoms with E-state index in [1.54, 1.807) is 0 Å². The van der Waals surface area contributed by atoms with E-state index in [2.05, 4.69) is 31.0 Å². The van der Waals surface area contributed by atoms with Gasteiger partial charge >= 0.3 is 0 Å². The minimum Gasteiger partial charge on any atom is -0.380 e. The largest absolute Gasteiger partial charge is 0.380 e. The van der Waals surface area contributed by atoms with Crippen molar-refractivity contribution in [1.29, 1.82) is 0 Å². The van der Waals surface area contributed by atoms with Crippen LogP contribution in [-0.4, -0.2) is 49.3 Å². The van der Waals surface area contributed by atoms with E-state index in [1.807, 2.05) is 0 Å². The number of rotatable bonds is 6. The van der Waals surface area contributed by atoms with Crippen molar-refractivity contribution in [2.45, 2.75) is 70.9 Å². The summed E-state index contributed by atoms with van der Waals surface area (Å²) in [5.74, 6) is 0.644. The zero-order valence-corrected chi connectivity index (χ0v) is 13.8. The van der Waals surface area contributed by atoms with Gasteiger partial charge in [0.25, 0.3) is 0 Å². The number of nitrogens with one attached hydrogen (secondary N) is 1. The van der Waals surface area contributed by atoms with Crippen LogP contribution in [0.2, 0.25) is 0 Å². The molecule has 2 rings (SSSR count). The van der Waals surface area contributed by atoms with Crippen LogP contribution in [0.25, 0.3) is 0 Å². The van der Waals surface area contributed by atoms with Gasteiger partial charge in [-0.2, -0.15) is 0 Å². The molecule has 3 heteroatoms. The molecule has 0 radical (unpaired) electrons. The number of nitrogens with zero attached hydrogens (tertiary/aromatic N) is 1. The first kappa shape index (κ1) is 16.3. The maximum absolute atomic E-state index is 5.84. The van der Waals surface area contributed by atoms with E-state index in [1.165, 1.54) is 51.6 Å². The Morgan fingerprint density at radius 2 is 2.00 bits per heavy atom. The van der Waals surface area contributed by atoms with Crippen molar-refractivity contribution in [3.05, 3.63) is 0 Å². The minimum atomic E-state index is 0.436. The molecule has 0 aromatic rings. The SMILES string of the molecule is CCC1CN(CCOCC(C)C)C2(CCCCC2)CN1. The summed E-state index contributed by atoms with van der Waals surface area (Å²) in [4.78, 5) is 2.76. The first-order valence-corrected chi connectivity index (χ1v) is 8.72. The molecule has 3 nitrogen and oxygen atoms in total. The van der Waals surface area contributed by atoms with Gasteiger partial charge in [-0.1, -0.05) is 40.0 Å². The van der Waals surface area contributed by atoms with Crippen LogP contribution in [0, 0.1) is 5.92 Å². The molecule has 1 aliphatic heterocycles. The van der Waals surface area contributed by atoms with Gasteiger partial charge in [0.1, 0.15) is 0 Å². The Balaban J connectivity index is 1.88. The second-order valence-corrected chi connectivity index (χ2v) is 7.19. The zero-order chi connectivity index (χ0) is 14.4. The summed E-state index contributed by atoms with van der Waals surface area (Å²) in [7, 11) is 0. The molecule has 1 unspecified atom stereocenters. The fourth-order valence-electron chi connectivity index (χ4n) is 3.77. The lowest BCUT2D eigenvalue weighted by atomic mass is 9.78. The molecule has 1 saturated carbocycles. The van der Waals surface area contributed by atoms with Gasteiger partial charge in [0.15, 0.2) is 0 Å². The predicted octanol–water partition coefficient (Wildman–Crippen LogP) is 3.05. The Kier molecular flexibility index (Phi) is 6.31. The first-order valence-electron chi connectivity index (χ1n) is 8.72. The van der Waals surface area contributed by atoms with E-state index >= 15 is 0 Å². The van der Waals surface area contributed by atoms with E-state index in [-0.39, 0.29) is 0 Å². The molecule has 1 saturated heterocycles. The van der Waals surface area contributed by atoms with Crippen LogP contribution in [0.4, 0.5) is 0 Å². The molecule has 0 bridgehead atoms. The lowest BCUT2D eigenvalue weighted by Crippen LogP contribution is -2.65. The van der Waals surface area contributed by atoms with Crippen molar-refractivity contribution < 1.29 is 4.74 Å². The summed E-state index contributed by atoms with van der Waals surface area (Å²) in [5, 5.41) is 3.79. The van der Waals surface area contributed by atoms with Gasteiger partial charge in [-0.25, -0.2) is 0 Å². The highest BCUT2D eigenvalue weighted by molar-refractivity contribution is 5.00. The van der Waals surface area contributed by atoms with Crippen molar-refractivity contribution in [1.82, 2.24) is 10.2 Å². The molecule has 1 aliphatic carbocycles. The molecule has 118 valence electrons. The van der Waals surface area contributed by atoms with Crippen LogP contribution in [0.3, 0.4) is 0 Å². The van der Waals surface area contributed by atoms with Gasteiger partial charge in [-0.3, -0.25) is 4.90 Å². The highest BCUT2D eigenvalue weighted by Gasteiger charge is 2.41. The fourth-order valence-corrected chi connectivity index (χ4v) is 3.77. The van der Waals surface area contributed by atoms with E-state index in [0.717, 1.165) is 19.8 Å². The number of hydrogen-bond acceptors (Lipinski definition) is 3. The molecule has 0 amide bonds. The standard InChI is InChI=1S/C17H34N2O/c1-4-16-12-19(10-11-20-13-15(2)3)17(14-18-16)8-6-5-7-9-17/h15-16,18H,4-14H2,1-3H3. The van der Waals surface area contributed by atoms with Gasteiger partial charge in [0, 0.05) is 37.8 Å². The smallest absolute Gasteiger partial charge is 0.0593 e. The Hall–Kier alpha value is -0.120. The highest BCUT2D eigenvalue weighted by atomic mass is 16.5. The molecule has 0 aromatic carbocycles. The van der Waals surface area contributed by atoms with Gasteiger partial charge in [0.2, 0.25) is 0 Å². The molecular formula is C17H34N2O. The second kappa shape index (κ2) is 7.77. The van der Waals surface area contributed by atoms with Gasteiger partial charge in [0.05, 0.1) is 6.61 Å². The van der Waals surface area contributed by atoms with E-state index in [9.17, 15) is 0 Å². The van der Waals surface area contributed by atoms with Crippen LogP contribution in [-0.2, 0) is 4.74 Å². The molecule has 1 spiro atoms. The Morgan fingerprint density at radius 3 is 2.65 bits per heavy atom. The van der Waals surface area contributed by atoms with Crippen molar-refractivity contribution in [2.24, 2.45) is 5.92 Å². The van der Waals surface area contributed by atoms with Gasteiger partial charge < -0.3 is 10.1 Å². The average Bonchev–Trinajstić information content (AvgIpc) is 2.46. The molecule has 2 fully saturated rings.